The molecular formula is C27H20BrClN4O4. The van der Waals surface area contributed by atoms with Crippen LogP contribution in [0.2, 0.25) is 5.02 Å². The van der Waals surface area contributed by atoms with Crippen molar-refractivity contribution in [1.29, 1.82) is 0 Å². The molecule has 1 amide bonds. The molecule has 0 unspecified atom stereocenters. The molecule has 8 nitrogen and oxygen atoms in total. The molecule has 0 spiro atoms. The number of carboxylic acids is 1. The molecule has 2 aromatic carbocycles. The van der Waals surface area contributed by atoms with Crippen molar-refractivity contribution in [3.05, 3.63) is 97.8 Å². The Morgan fingerprint density at radius 2 is 1.78 bits per heavy atom. The minimum absolute atomic E-state index is 0.215. The van der Waals surface area contributed by atoms with E-state index in [1.54, 1.807) is 36.5 Å². The Morgan fingerprint density at radius 1 is 1.05 bits per heavy atom. The van der Waals surface area contributed by atoms with Crippen LogP contribution in [0.3, 0.4) is 0 Å². The van der Waals surface area contributed by atoms with Crippen LogP contribution >= 0.6 is 27.5 Å². The van der Waals surface area contributed by atoms with Gasteiger partial charge in [0, 0.05) is 39.5 Å². The zero-order chi connectivity index (χ0) is 26.1. The van der Waals surface area contributed by atoms with E-state index in [2.05, 4.69) is 31.0 Å². The number of carboxylic acid groups (broad SMARTS) is 1. The maximum atomic E-state index is 13.5. The van der Waals surface area contributed by atoms with Gasteiger partial charge in [-0.25, -0.2) is 9.99 Å². The third-order valence-electron chi connectivity index (χ3n) is 6.18. The molecule has 37 heavy (non-hydrogen) atoms. The fourth-order valence-corrected chi connectivity index (χ4v) is 4.87. The van der Waals surface area contributed by atoms with Crippen LogP contribution in [0.1, 0.15) is 36.4 Å². The highest BCUT2D eigenvalue weighted by Crippen LogP contribution is 2.37. The standard InChI is InChI=1S/C27H20BrClN4O4/c28-17-7-3-16(4-8-17)24-19-2-1-13-30-26(19)31-27(37)25(24)20-14-21(15-5-9-18(29)10-6-15)33(32-20)22(34)11-12-23(35)36/h1-10,13,21H,11-12,14H2,(H,35,36)(H,30,31,37)/t21-/m1/s1. The number of nitrogens with one attached hydrogen (secondary N) is 1. The van der Waals surface area contributed by atoms with Gasteiger partial charge in [0.15, 0.2) is 0 Å². The number of aliphatic carboxylic acids is 1. The number of fused-ring (bicyclic) bond motifs is 1. The molecule has 3 heterocycles. The predicted octanol–water partition coefficient (Wildman–Crippen LogP) is 5.55. The van der Waals surface area contributed by atoms with E-state index in [9.17, 15) is 14.4 Å². The largest absolute Gasteiger partial charge is 0.481 e. The van der Waals surface area contributed by atoms with E-state index >= 15 is 0 Å². The first-order valence-electron chi connectivity index (χ1n) is 11.5. The van der Waals surface area contributed by atoms with Gasteiger partial charge in [0.2, 0.25) is 5.91 Å². The average Bonchev–Trinajstić information content (AvgIpc) is 3.32. The second-order valence-corrected chi connectivity index (χ2v) is 9.91. The van der Waals surface area contributed by atoms with Gasteiger partial charge in [0.25, 0.3) is 5.56 Å². The Labute approximate surface area is 224 Å². The molecule has 0 saturated carbocycles. The highest BCUT2D eigenvalue weighted by Gasteiger charge is 2.35. The number of hydrazone groups is 1. The third-order valence-corrected chi connectivity index (χ3v) is 6.96. The van der Waals surface area contributed by atoms with Gasteiger partial charge in [-0.1, -0.05) is 51.8 Å². The zero-order valence-electron chi connectivity index (χ0n) is 19.3. The van der Waals surface area contributed by atoms with Crippen LogP contribution in [0.25, 0.3) is 22.2 Å². The number of hydrogen-bond donors (Lipinski definition) is 2. The first kappa shape index (κ1) is 24.9. The summed E-state index contributed by atoms with van der Waals surface area (Å²) >= 11 is 9.53. The lowest BCUT2D eigenvalue weighted by atomic mass is 9.91. The quantitative estimate of drug-likeness (QED) is 0.311. The van der Waals surface area contributed by atoms with Crippen LogP contribution in [0.15, 0.2) is 81.2 Å². The molecule has 4 aromatic rings. The minimum atomic E-state index is -1.07. The Balaban J connectivity index is 1.68. The summed E-state index contributed by atoms with van der Waals surface area (Å²) in [5, 5.41) is 16.3. The van der Waals surface area contributed by atoms with Gasteiger partial charge < -0.3 is 10.1 Å². The first-order valence-corrected chi connectivity index (χ1v) is 12.6. The molecule has 1 aliphatic rings. The number of H-pyrrole nitrogens is 1. The van der Waals surface area contributed by atoms with E-state index in [4.69, 9.17) is 16.7 Å². The van der Waals surface area contributed by atoms with Gasteiger partial charge in [-0.15, -0.1) is 0 Å². The van der Waals surface area contributed by atoms with Crippen LogP contribution in [-0.4, -0.2) is 37.7 Å². The van der Waals surface area contributed by atoms with E-state index < -0.39 is 17.9 Å². The molecule has 0 aliphatic carbocycles. The summed E-state index contributed by atoms with van der Waals surface area (Å²) in [5.74, 6) is -1.52. The summed E-state index contributed by atoms with van der Waals surface area (Å²) < 4.78 is 0.890. The monoisotopic (exact) mass is 578 g/mol. The maximum absolute atomic E-state index is 13.5. The van der Waals surface area contributed by atoms with Gasteiger partial charge in [-0.2, -0.15) is 5.10 Å². The fraction of sp³-hybridized carbons (Fsp3) is 0.148. The van der Waals surface area contributed by atoms with E-state index in [-0.39, 0.29) is 24.8 Å². The number of pyridine rings is 2. The van der Waals surface area contributed by atoms with Crippen LogP contribution in [-0.2, 0) is 9.59 Å². The Kier molecular flexibility index (Phi) is 6.90. The molecule has 0 radical (unpaired) electrons. The summed E-state index contributed by atoms with van der Waals surface area (Å²) in [5.41, 5.74) is 3.06. The number of nitrogens with zero attached hydrogens (tertiary/aromatic N) is 3. The number of aromatic amines is 1. The smallest absolute Gasteiger partial charge is 0.303 e. The van der Waals surface area contributed by atoms with Gasteiger partial charge in [-0.3, -0.25) is 14.4 Å². The molecule has 2 aromatic heterocycles. The van der Waals surface area contributed by atoms with Crippen molar-refractivity contribution in [2.75, 3.05) is 0 Å². The normalized spacial score (nSPS) is 15.1. The summed E-state index contributed by atoms with van der Waals surface area (Å²) in [4.78, 5) is 44.9. The van der Waals surface area contributed by atoms with Crippen molar-refractivity contribution in [3.63, 3.8) is 0 Å². The molecular weight excluding hydrogens is 560 g/mol. The fourth-order valence-electron chi connectivity index (χ4n) is 4.48. The number of carbonyl (C=O) groups is 2. The number of aromatic nitrogens is 2. The lowest BCUT2D eigenvalue weighted by Crippen LogP contribution is -2.27. The van der Waals surface area contributed by atoms with Crippen LogP contribution < -0.4 is 5.56 Å². The lowest BCUT2D eigenvalue weighted by molar-refractivity contribution is -0.141. The van der Waals surface area contributed by atoms with Gasteiger partial charge in [0.1, 0.15) is 5.65 Å². The number of amides is 1. The SMILES string of the molecule is O=C(O)CCC(=O)N1N=C(c2c(-c3ccc(Br)cc3)c3cccnc3[nH]c2=O)C[C@@H]1c1ccc(Cl)cc1. The van der Waals surface area contributed by atoms with E-state index in [1.807, 2.05) is 30.3 Å². The molecule has 2 N–H and O–H groups in total. The number of hydrogen-bond acceptors (Lipinski definition) is 5. The van der Waals surface area contributed by atoms with Crippen molar-refractivity contribution in [3.8, 4) is 11.1 Å². The van der Waals surface area contributed by atoms with E-state index in [0.717, 1.165) is 21.0 Å². The van der Waals surface area contributed by atoms with Crippen LogP contribution in [0.5, 0.6) is 0 Å². The molecule has 0 saturated heterocycles. The topological polar surface area (TPSA) is 116 Å². The van der Waals surface area contributed by atoms with Gasteiger partial charge in [-0.05, 0) is 47.5 Å². The summed E-state index contributed by atoms with van der Waals surface area (Å²) in [6.07, 6.45) is 1.34. The van der Waals surface area contributed by atoms with Crippen LogP contribution in [0.4, 0.5) is 0 Å². The Morgan fingerprint density at radius 3 is 2.49 bits per heavy atom. The van der Waals surface area contributed by atoms with Crippen molar-refractivity contribution in [1.82, 2.24) is 15.0 Å². The molecule has 10 heteroatoms. The van der Waals surface area contributed by atoms with Crippen molar-refractivity contribution >= 4 is 56.2 Å². The lowest BCUT2D eigenvalue weighted by Gasteiger charge is -2.22. The second kappa shape index (κ2) is 10.3. The van der Waals surface area contributed by atoms with E-state index in [0.29, 0.717) is 27.5 Å². The number of benzene rings is 2. The molecule has 1 aliphatic heterocycles. The number of carbonyl (C=O) groups excluding carboxylic acids is 1. The Hall–Kier alpha value is -3.82. The predicted molar refractivity (Wildman–Crippen MR) is 145 cm³/mol. The summed E-state index contributed by atoms with van der Waals surface area (Å²) in [6.45, 7) is 0. The van der Waals surface area contributed by atoms with Crippen molar-refractivity contribution in [2.45, 2.75) is 25.3 Å². The molecule has 186 valence electrons. The first-order chi connectivity index (χ1) is 17.8. The molecule has 0 bridgehead atoms. The summed E-state index contributed by atoms with van der Waals surface area (Å²) in [7, 11) is 0. The van der Waals surface area contributed by atoms with E-state index in [1.165, 1.54) is 5.01 Å². The average molecular weight is 580 g/mol. The molecule has 1 atom stereocenters. The van der Waals surface area contributed by atoms with Gasteiger partial charge >= 0.3 is 5.97 Å². The van der Waals surface area contributed by atoms with Crippen LogP contribution in [0, 0.1) is 0 Å². The number of halogens is 2. The van der Waals surface area contributed by atoms with Gasteiger partial charge in [0.05, 0.1) is 23.7 Å². The maximum Gasteiger partial charge on any atom is 0.303 e. The van der Waals surface area contributed by atoms with Crippen molar-refractivity contribution in [2.24, 2.45) is 5.10 Å². The second-order valence-electron chi connectivity index (χ2n) is 8.56. The molecule has 0 fully saturated rings. The molecule has 5 rings (SSSR count). The highest BCUT2D eigenvalue weighted by atomic mass is 79.9. The minimum Gasteiger partial charge on any atom is -0.481 e. The third kappa shape index (κ3) is 5.05. The zero-order valence-corrected chi connectivity index (χ0v) is 21.7. The highest BCUT2D eigenvalue weighted by molar-refractivity contribution is 9.10. The summed E-state index contributed by atoms with van der Waals surface area (Å²) in [6, 6.07) is 17.8. The Bertz CT molecular complexity index is 1600. The van der Waals surface area contributed by atoms with Crippen molar-refractivity contribution < 1.29 is 14.7 Å². The number of rotatable bonds is 6.